The number of nitrogens with one attached hydrogen (secondary N) is 1. The average Bonchev–Trinajstić information content (AvgIpc) is 3.55. The van der Waals surface area contributed by atoms with Crippen molar-refractivity contribution >= 4 is 26.9 Å². The summed E-state index contributed by atoms with van der Waals surface area (Å²) >= 11 is 0. The van der Waals surface area contributed by atoms with Gasteiger partial charge in [0.25, 0.3) is 10.0 Å². The number of carbonyl (C=O) groups is 1. The first-order chi connectivity index (χ1) is 18.1. The van der Waals surface area contributed by atoms with Gasteiger partial charge in [-0.3, -0.25) is 9.78 Å². The van der Waals surface area contributed by atoms with Crippen molar-refractivity contribution in [2.75, 3.05) is 6.54 Å². The number of halogens is 3. The van der Waals surface area contributed by atoms with E-state index in [1.54, 1.807) is 36.4 Å². The van der Waals surface area contributed by atoms with Gasteiger partial charge in [-0.1, -0.05) is 30.3 Å². The van der Waals surface area contributed by atoms with Crippen molar-refractivity contribution < 1.29 is 35.5 Å². The molecule has 0 radical (unpaired) electrons. The Morgan fingerprint density at radius 1 is 1.08 bits per heavy atom. The molecule has 0 saturated carbocycles. The van der Waals surface area contributed by atoms with Crippen LogP contribution in [0.25, 0.3) is 22.1 Å². The molecule has 3 heterocycles. The molecule has 1 atom stereocenters. The van der Waals surface area contributed by atoms with E-state index >= 15 is 0 Å². The molecule has 1 saturated heterocycles. The standard InChI is InChI=1S/C26H22F3N3O5S/c27-26(28,29)37-21-9-7-17(8-10-21)18-11-12-30-20(14-18)16-31-25(33)22-5-3-13-32(22)38(34,35)24-15-19-4-1-2-6-23(19)36-24/h1-2,4,6-12,14-15,22H,3,5,13,16H2,(H,31,33). The van der Waals surface area contributed by atoms with Gasteiger partial charge in [-0.2, -0.15) is 4.31 Å². The first-order valence-corrected chi connectivity index (χ1v) is 13.1. The summed E-state index contributed by atoms with van der Waals surface area (Å²) in [6.45, 7) is 0.232. The Morgan fingerprint density at radius 2 is 1.84 bits per heavy atom. The Hall–Kier alpha value is -3.90. The van der Waals surface area contributed by atoms with Crippen molar-refractivity contribution in [1.82, 2.24) is 14.6 Å². The Balaban J connectivity index is 1.26. The molecule has 38 heavy (non-hydrogen) atoms. The van der Waals surface area contributed by atoms with Gasteiger partial charge in [0, 0.05) is 24.2 Å². The van der Waals surface area contributed by atoms with Gasteiger partial charge in [-0.25, -0.2) is 8.42 Å². The molecule has 1 amide bonds. The van der Waals surface area contributed by atoms with E-state index in [0.717, 1.165) is 4.31 Å². The van der Waals surface area contributed by atoms with Crippen LogP contribution in [0.1, 0.15) is 18.5 Å². The average molecular weight is 546 g/mol. The Kier molecular flexibility index (Phi) is 6.84. The molecule has 12 heteroatoms. The number of ether oxygens (including phenoxy) is 1. The second-order valence-corrected chi connectivity index (χ2v) is 10.5. The first kappa shape index (κ1) is 25.7. The molecule has 1 unspecified atom stereocenters. The SMILES string of the molecule is O=C(NCc1cc(-c2ccc(OC(F)(F)F)cc2)ccn1)C1CCCN1S(=O)(=O)c1cc2ccccc2o1. The third-order valence-corrected chi connectivity index (χ3v) is 7.92. The van der Waals surface area contributed by atoms with Gasteiger partial charge in [-0.15, -0.1) is 13.2 Å². The molecule has 0 aliphatic carbocycles. The van der Waals surface area contributed by atoms with Crippen LogP contribution in [0, 0.1) is 0 Å². The van der Waals surface area contributed by atoms with Crippen LogP contribution >= 0.6 is 0 Å². The van der Waals surface area contributed by atoms with E-state index in [1.807, 2.05) is 0 Å². The van der Waals surface area contributed by atoms with E-state index < -0.39 is 28.3 Å². The fraction of sp³-hybridized carbons (Fsp3) is 0.231. The van der Waals surface area contributed by atoms with E-state index in [2.05, 4.69) is 15.0 Å². The minimum atomic E-state index is -4.77. The predicted molar refractivity (Wildman–Crippen MR) is 131 cm³/mol. The van der Waals surface area contributed by atoms with Crippen molar-refractivity contribution in [3.8, 4) is 16.9 Å². The number of sulfonamides is 1. The second kappa shape index (κ2) is 10.1. The monoisotopic (exact) mass is 545 g/mol. The number of benzene rings is 2. The van der Waals surface area contributed by atoms with Crippen LogP contribution in [0.3, 0.4) is 0 Å². The lowest BCUT2D eigenvalue weighted by Crippen LogP contribution is -2.45. The number of furan rings is 1. The summed E-state index contributed by atoms with van der Waals surface area (Å²) in [7, 11) is -4.03. The smallest absolute Gasteiger partial charge is 0.443 e. The van der Waals surface area contributed by atoms with Crippen LogP contribution in [0.5, 0.6) is 5.75 Å². The highest BCUT2D eigenvalue weighted by Crippen LogP contribution is 2.30. The third-order valence-electron chi connectivity index (χ3n) is 6.15. The predicted octanol–water partition coefficient (Wildman–Crippen LogP) is 4.86. The summed E-state index contributed by atoms with van der Waals surface area (Å²) < 4.78 is 74.3. The van der Waals surface area contributed by atoms with E-state index in [1.165, 1.54) is 36.5 Å². The van der Waals surface area contributed by atoms with E-state index in [9.17, 15) is 26.4 Å². The van der Waals surface area contributed by atoms with Crippen LogP contribution in [-0.2, 0) is 21.4 Å². The van der Waals surface area contributed by atoms with Crippen LogP contribution < -0.4 is 10.1 Å². The van der Waals surface area contributed by atoms with Crippen molar-refractivity contribution in [2.24, 2.45) is 0 Å². The minimum absolute atomic E-state index is 0.0387. The fourth-order valence-corrected chi connectivity index (χ4v) is 6.00. The third kappa shape index (κ3) is 5.50. The molecule has 1 N–H and O–H groups in total. The minimum Gasteiger partial charge on any atom is -0.443 e. The summed E-state index contributed by atoms with van der Waals surface area (Å²) in [5.41, 5.74) is 2.25. The largest absolute Gasteiger partial charge is 0.573 e. The molecular weight excluding hydrogens is 523 g/mol. The summed E-state index contributed by atoms with van der Waals surface area (Å²) in [6.07, 6.45) is -2.36. The lowest BCUT2D eigenvalue weighted by Gasteiger charge is -2.22. The highest BCUT2D eigenvalue weighted by atomic mass is 32.2. The Morgan fingerprint density at radius 3 is 2.58 bits per heavy atom. The summed E-state index contributed by atoms with van der Waals surface area (Å²) in [5.74, 6) is -0.787. The number of amides is 1. The molecule has 198 valence electrons. The number of aromatic nitrogens is 1. The van der Waals surface area contributed by atoms with Gasteiger partial charge in [0.15, 0.2) is 0 Å². The molecule has 8 nitrogen and oxygen atoms in total. The normalized spacial score (nSPS) is 16.6. The molecule has 1 aliphatic heterocycles. The number of carbonyl (C=O) groups excluding carboxylic acids is 1. The molecule has 2 aromatic heterocycles. The van der Waals surface area contributed by atoms with Crippen molar-refractivity contribution in [2.45, 2.75) is 36.9 Å². The Labute approximate surface area is 216 Å². The van der Waals surface area contributed by atoms with Gasteiger partial charge in [0.05, 0.1) is 12.2 Å². The van der Waals surface area contributed by atoms with Crippen molar-refractivity contribution in [1.29, 1.82) is 0 Å². The number of nitrogens with zero attached hydrogens (tertiary/aromatic N) is 2. The number of hydrogen-bond acceptors (Lipinski definition) is 6. The fourth-order valence-electron chi connectivity index (χ4n) is 4.39. The van der Waals surface area contributed by atoms with E-state index in [4.69, 9.17) is 4.42 Å². The van der Waals surface area contributed by atoms with Gasteiger partial charge >= 0.3 is 6.36 Å². The molecule has 4 aromatic rings. The van der Waals surface area contributed by atoms with Crippen LogP contribution in [0.2, 0.25) is 0 Å². The topological polar surface area (TPSA) is 102 Å². The number of para-hydroxylation sites is 1. The molecule has 2 aromatic carbocycles. The van der Waals surface area contributed by atoms with Gasteiger partial charge in [0.1, 0.15) is 17.4 Å². The first-order valence-electron chi connectivity index (χ1n) is 11.7. The number of fused-ring (bicyclic) bond motifs is 1. The summed E-state index contributed by atoms with van der Waals surface area (Å²) in [5, 5.41) is 3.20. The van der Waals surface area contributed by atoms with Gasteiger partial charge < -0.3 is 14.5 Å². The number of hydrogen-bond donors (Lipinski definition) is 1. The molecule has 1 aliphatic rings. The van der Waals surface area contributed by atoms with Crippen molar-refractivity contribution in [3.05, 3.63) is 78.6 Å². The quantitative estimate of drug-likeness (QED) is 0.356. The molecule has 5 rings (SSSR count). The van der Waals surface area contributed by atoms with Crippen LogP contribution in [-0.4, -0.2) is 42.6 Å². The van der Waals surface area contributed by atoms with Crippen molar-refractivity contribution in [3.63, 3.8) is 0 Å². The summed E-state index contributed by atoms with van der Waals surface area (Å²) in [4.78, 5) is 17.2. The number of pyridine rings is 1. The highest BCUT2D eigenvalue weighted by Gasteiger charge is 2.41. The summed E-state index contributed by atoms with van der Waals surface area (Å²) in [6, 6.07) is 16.3. The van der Waals surface area contributed by atoms with Crippen LogP contribution in [0.15, 0.2) is 82.4 Å². The zero-order chi connectivity index (χ0) is 26.9. The maximum atomic E-state index is 13.3. The van der Waals surface area contributed by atoms with Crippen LogP contribution in [0.4, 0.5) is 13.2 Å². The maximum Gasteiger partial charge on any atom is 0.573 e. The number of rotatable bonds is 7. The molecule has 0 spiro atoms. The maximum absolute atomic E-state index is 13.3. The lowest BCUT2D eigenvalue weighted by molar-refractivity contribution is -0.274. The lowest BCUT2D eigenvalue weighted by atomic mass is 10.1. The highest BCUT2D eigenvalue weighted by molar-refractivity contribution is 7.89. The molecular formula is C26H22F3N3O5S. The zero-order valence-electron chi connectivity index (χ0n) is 19.8. The Bertz CT molecular complexity index is 1540. The zero-order valence-corrected chi connectivity index (χ0v) is 20.6. The number of alkyl halides is 3. The van der Waals surface area contributed by atoms with Gasteiger partial charge in [0.2, 0.25) is 11.0 Å². The van der Waals surface area contributed by atoms with E-state index in [-0.39, 0.29) is 23.9 Å². The molecule has 0 bridgehead atoms. The molecule has 1 fully saturated rings. The van der Waals surface area contributed by atoms with Gasteiger partial charge in [-0.05, 0) is 54.3 Å². The van der Waals surface area contributed by atoms with E-state index in [0.29, 0.717) is 40.6 Å². The second-order valence-electron chi connectivity index (χ2n) is 8.70.